The van der Waals surface area contributed by atoms with Gasteiger partial charge in [0.1, 0.15) is 12.1 Å². The Labute approximate surface area is 163 Å². The molecule has 1 aromatic heterocycles. The lowest BCUT2D eigenvalue weighted by atomic mass is 9.95. The summed E-state index contributed by atoms with van der Waals surface area (Å²) in [7, 11) is 1.73. The summed E-state index contributed by atoms with van der Waals surface area (Å²) in [4.78, 5) is 23.5. The number of carbonyl (C=O) groups excluding carboxylic acids is 1. The molecule has 2 heterocycles. The van der Waals surface area contributed by atoms with Crippen molar-refractivity contribution in [2.24, 2.45) is 0 Å². The fourth-order valence-electron chi connectivity index (χ4n) is 3.89. The molecular weight excluding hydrogens is 364 g/mol. The van der Waals surface area contributed by atoms with Gasteiger partial charge in [0.2, 0.25) is 5.91 Å². The molecule has 1 saturated heterocycles. The number of halogens is 1. The molecule has 142 valence electrons. The summed E-state index contributed by atoms with van der Waals surface area (Å²) in [5, 5.41) is 3.86. The number of nitrogens with zero attached hydrogens (tertiary/aromatic N) is 3. The molecule has 0 unspecified atom stereocenters. The number of nitrogens with one attached hydrogen (secondary N) is 1. The van der Waals surface area contributed by atoms with Crippen LogP contribution in [0.15, 0.2) is 42.9 Å². The van der Waals surface area contributed by atoms with Crippen LogP contribution in [0.4, 0.5) is 5.82 Å². The van der Waals surface area contributed by atoms with Crippen molar-refractivity contribution < 1.29 is 9.53 Å². The van der Waals surface area contributed by atoms with Gasteiger partial charge in [-0.05, 0) is 43.0 Å². The van der Waals surface area contributed by atoms with Gasteiger partial charge in [0.25, 0.3) is 0 Å². The third kappa shape index (κ3) is 3.64. The minimum absolute atomic E-state index is 0.0910. The molecule has 1 aliphatic heterocycles. The van der Waals surface area contributed by atoms with Crippen LogP contribution in [-0.4, -0.2) is 48.2 Å². The zero-order valence-electron chi connectivity index (χ0n) is 15.3. The van der Waals surface area contributed by atoms with Crippen LogP contribution in [-0.2, 0) is 14.9 Å². The zero-order chi connectivity index (χ0) is 18.9. The number of hydrogen-bond donors (Lipinski definition) is 1. The van der Waals surface area contributed by atoms with Crippen LogP contribution in [0.3, 0.4) is 0 Å². The summed E-state index contributed by atoms with van der Waals surface area (Å²) in [5.74, 6) is 0.955. The van der Waals surface area contributed by atoms with Gasteiger partial charge in [-0.25, -0.2) is 9.97 Å². The van der Waals surface area contributed by atoms with E-state index in [1.165, 1.54) is 0 Å². The maximum Gasteiger partial charge on any atom is 0.230 e. The van der Waals surface area contributed by atoms with E-state index in [9.17, 15) is 4.79 Å². The van der Waals surface area contributed by atoms with Crippen molar-refractivity contribution in [2.75, 3.05) is 25.1 Å². The lowest BCUT2D eigenvalue weighted by Gasteiger charge is -2.26. The summed E-state index contributed by atoms with van der Waals surface area (Å²) in [6.45, 7) is 1.33. The van der Waals surface area contributed by atoms with E-state index < -0.39 is 5.41 Å². The number of rotatable bonds is 6. The van der Waals surface area contributed by atoms with Crippen molar-refractivity contribution in [3.8, 4) is 0 Å². The second-order valence-corrected chi connectivity index (χ2v) is 7.70. The molecule has 27 heavy (non-hydrogen) atoms. The minimum Gasteiger partial charge on any atom is -0.380 e. The molecule has 4 rings (SSSR count). The minimum atomic E-state index is -0.399. The molecule has 1 aliphatic carbocycles. The van der Waals surface area contributed by atoms with Gasteiger partial charge >= 0.3 is 0 Å². The van der Waals surface area contributed by atoms with Gasteiger partial charge < -0.3 is 15.0 Å². The molecule has 2 aliphatic rings. The SMILES string of the molecule is CO[C@H]1C[C@@H](CNC(=O)C2(c3ccc(Cl)cc3)CC2)N(c2ccncn2)C1. The fourth-order valence-corrected chi connectivity index (χ4v) is 4.02. The Bertz CT molecular complexity index is 795. The molecule has 2 atom stereocenters. The highest BCUT2D eigenvalue weighted by Gasteiger charge is 2.51. The van der Waals surface area contributed by atoms with Crippen LogP contribution in [0, 0.1) is 0 Å². The largest absolute Gasteiger partial charge is 0.380 e. The monoisotopic (exact) mass is 386 g/mol. The van der Waals surface area contributed by atoms with E-state index in [0.29, 0.717) is 11.6 Å². The van der Waals surface area contributed by atoms with E-state index in [-0.39, 0.29) is 18.1 Å². The van der Waals surface area contributed by atoms with E-state index in [2.05, 4.69) is 20.2 Å². The summed E-state index contributed by atoms with van der Waals surface area (Å²) in [5.41, 5.74) is 0.641. The van der Waals surface area contributed by atoms with E-state index in [4.69, 9.17) is 16.3 Å². The molecule has 1 N–H and O–H groups in total. The number of ether oxygens (including phenoxy) is 1. The van der Waals surface area contributed by atoms with E-state index in [1.807, 2.05) is 30.3 Å². The van der Waals surface area contributed by atoms with Crippen molar-refractivity contribution in [3.63, 3.8) is 0 Å². The van der Waals surface area contributed by atoms with Crippen molar-refractivity contribution in [1.82, 2.24) is 15.3 Å². The van der Waals surface area contributed by atoms with E-state index >= 15 is 0 Å². The van der Waals surface area contributed by atoms with Gasteiger partial charge in [0.05, 0.1) is 17.6 Å². The van der Waals surface area contributed by atoms with E-state index in [1.54, 1.807) is 19.6 Å². The summed E-state index contributed by atoms with van der Waals surface area (Å²) in [6.07, 6.45) is 6.02. The molecular formula is C20H23ClN4O2. The standard InChI is InChI=1S/C20H23ClN4O2/c1-27-17-10-16(25(12-17)18-6-9-22-13-24-18)11-23-19(26)20(7-8-20)14-2-4-15(21)5-3-14/h2-6,9,13,16-17H,7-8,10-12H2,1H3,(H,23,26)/t16-,17-/m0/s1. The van der Waals surface area contributed by atoms with Crippen LogP contribution in [0.2, 0.25) is 5.02 Å². The molecule has 2 aromatic rings. The topological polar surface area (TPSA) is 67.3 Å². The highest BCUT2D eigenvalue weighted by Crippen LogP contribution is 2.48. The van der Waals surface area contributed by atoms with Gasteiger partial charge in [-0.2, -0.15) is 0 Å². The second-order valence-electron chi connectivity index (χ2n) is 7.27. The number of aromatic nitrogens is 2. The Morgan fingerprint density at radius 1 is 1.33 bits per heavy atom. The normalized spacial score (nSPS) is 23.3. The Balaban J connectivity index is 1.44. The molecule has 1 saturated carbocycles. The number of methoxy groups -OCH3 is 1. The van der Waals surface area contributed by atoms with E-state index in [0.717, 1.165) is 37.2 Å². The smallest absolute Gasteiger partial charge is 0.230 e. The Hall–Kier alpha value is -2.18. The molecule has 2 fully saturated rings. The van der Waals surface area contributed by atoms with Crippen LogP contribution < -0.4 is 10.2 Å². The maximum absolute atomic E-state index is 12.9. The van der Waals surface area contributed by atoms with Crippen molar-refractivity contribution in [2.45, 2.75) is 36.8 Å². The third-order valence-corrected chi connectivity index (χ3v) is 5.90. The first-order valence-electron chi connectivity index (χ1n) is 9.22. The average molecular weight is 387 g/mol. The van der Waals surface area contributed by atoms with Gasteiger partial charge in [0.15, 0.2) is 0 Å². The molecule has 0 spiro atoms. The molecule has 1 amide bonds. The van der Waals surface area contributed by atoms with Crippen molar-refractivity contribution >= 4 is 23.3 Å². The summed E-state index contributed by atoms with van der Waals surface area (Å²) >= 11 is 5.98. The third-order valence-electron chi connectivity index (χ3n) is 5.65. The van der Waals surface area contributed by atoms with Gasteiger partial charge in [-0.3, -0.25) is 4.79 Å². The Morgan fingerprint density at radius 2 is 2.11 bits per heavy atom. The highest BCUT2D eigenvalue weighted by molar-refractivity contribution is 6.30. The molecule has 6 nitrogen and oxygen atoms in total. The molecule has 0 radical (unpaired) electrons. The van der Waals surface area contributed by atoms with Crippen LogP contribution in [0.5, 0.6) is 0 Å². The number of benzene rings is 1. The summed E-state index contributed by atoms with van der Waals surface area (Å²) < 4.78 is 5.55. The second kappa shape index (κ2) is 7.44. The first-order valence-corrected chi connectivity index (χ1v) is 9.60. The van der Waals surface area contributed by atoms with Crippen LogP contribution in [0.25, 0.3) is 0 Å². The van der Waals surface area contributed by atoms with Crippen LogP contribution >= 0.6 is 11.6 Å². The predicted octanol–water partition coefficient (Wildman–Crippen LogP) is 2.57. The first-order chi connectivity index (χ1) is 13.1. The van der Waals surface area contributed by atoms with Gasteiger partial charge in [0, 0.05) is 31.4 Å². The Kier molecular flexibility index (Phi) is 5.02. The maximum atomic E-state index is 12.9. The highest BCUT2D eigenvalue weighted by atomic mass is 35.5. The first kappa shape index (κ1) is 18.2. The molecule has 1 aromatic carbocycles. The number of hydrogen-bond acceptors (Lipinski definition) is 5. The fraction of sp³-hybridized carbons (Fsp3) is 0.450. The lowest BCUT2D eigenvalue weighted by Crippen LogP contribution is -2.44. The van der Waals surface area contributed by atoms with Crippen LogP contribution in [0.1, 0.15) is 24.8 Å². The number of anilines is 1. The number of amides is 1. The predicted molar refractivity (Wildman–Crippen MR) is 104 cm³/mol. The van der Waals surface area contributed by atoms with Crippen molar-refractivity contribution in [3.05, 3.63) is 53.4 Å². The molecule has 0 bridgehead atoms. The number of carbonyl (C=O) groups is 1. The quantitative estimate of drug-likeness (QED) is 0.826. The zero-order valence-corrected chi connectivity index (χ0v) is 16.0. The average Bonchev–Trinajstić information content (AvgIpc) is 3.41. The van der Waals surface area contributed by atoms with Crippen molar-refractivity contribution in [1.29, 1.82) is 0 Å². The lowest BCUT2D eigenvalue weighted by molar-refractivity contribution is -0.123. The summed E-state index contributed by atoms with van der Waals surface area (Å²) in [6, 6.07) is 9.65. The van der Waals surface area contributed by atoms with Gasteiger partial charge in [-0.1, -0.05) is 23.7 Å². The molecule has 7 heteroatoms. The Morgan fingerprint density at radius 3 is 2.74 bits per heavy atom. The van der Waals surface area contributed by atoms with Gasteiger partial charge in [-0.15, -0.1) is 0 Å².